The Morgan fingerprint density at radius 1 is 1.14 bits per heavy atom. The smallest absolute Gasteiger partial charge is 0.371 e. The molecular formula is C18H32O3Si. The first-order valence-corrected chi connectivity index (χ1v) is 11.2. The van der Waals surface area contributed by atoms with Crippen molar-refractivity contribution in [3.8, 4) is 0 Å². The van der Waals surface area contributed by atoms with Crippen LogP contribution in [0.4, 0.5) is 0 Å². The van der Waals surface area contributed by atoms with E-state index in [0.29, 0.717) is 17.6 Å². The van der Waals surface area contributed by atoms with Crippen LogP contribution in [0.5, 0.6) is 0 Å². The van der Waals surface area contributed by atoms with Gasteiger partial charge < -0.3 is 9.16 Å². The molecule has 1 saturated carbocycles. The Bertz CT molecular complexity index is 391. The summed E-state index contributed by atoms with van der Waals surface area (Å²) < 4.78 is 11.3. The summed E-state index contributed by atoms with van der Waals surface area (Å²) in [6.07, 6.45) is 8.75. The van der Waals surface area contributed by atoms with Gasteiger partial charge in [0.05, 0.1) is 7.11 Å². The van der Waals surface area contributed by atoms with Crippen molar-refractivity contribution in [1.82, 2.24) is 0 Å². The third-order valence-corrected chi connectivity index (χ3v) is 9.71. The molecule has 3 nitrogen and oxygen atoms in total. The molecule has 0 aliphatic heterocycles. The lowest BCUT2D eigenvalue weighted by Crippen LogP contribution is -2.37. The zero-order valence-corrected chi connectivity index (χ0v) is 15.7. The van der Waals surface area contributed by atoms with Gasteiger partial charge in [-0.3, -0.25) is 0 Å². The van der Waals surface area contributed by atoms with Gasteiger partial charge >= 0.3 is 5.97 Å². The molecule has 0 unspecified atom stereocenters. The Balaban J connectivity index is 3.03. The van der Waals surface area contributed by atoms with Gasteiger partial charge in [-0.1, -0.05) is 39.7 Å². The second-order valence-corrected chi connectivity index (χ2v) is 10.9. The highest BCUT2D eigenvalue weighted by atomic mass is 28.4. The SMILES string of the molecule is C=C[C@H]1CCCC[C@H]1/C=C(/O[Si](CC)(CC)CC)C(=O)OC. The second kappa shape index (κ2) is 9.18. The highest BCUT2D eigenvalue weighted by Crippen LogP contribution is 2.34. The summed E-state index contributed by atoms with van der Waals surface area (Å²) in [4.78, 5) is 12.2. The van der Waals surface area contributed by atoms with Crippen LogP contribution < -0.4 is 0 Å². The van der Waals surface area contributed by atoms with E-state index < -0.39 is 8.32 Å². The maximum atomic E-state index is 12.2. The van der Waals surface area contributed by atoms with Gasteiger partial charge in [0.2, 0.25) is 0 Å². The molecule has 0 N–H and O–H groups in total. The number of rotatable bonds is 8. The molecule has 0 aromatic rings. The number of carbonyl (C=O) groups is 1. The maximum absolute atomic E-state index is 12.2. The molecule has 0 saturated heterocycles. The van der Waals surface area contributed by atoms with Crippen LogP contribution in [0.3, 0.4) is 0 Å². The van der Waals surface area contributed by atoms with Crippen LogP contribution in [0.2, 0.25) is 18.1 Å². The number of carbonyl (C=O) groups excluding carboxylic acids is 1. The van der Waals surface area contributed by atoms with Crippen molar-refractivity contribution in [2.24, 2.45) is 11.8 Å². The van der Waals surface area contributed by atoms with Crippen molar-refractivity contribution < 1.29 is 14.0 Å². The van der Waals surface area contributed by atoms with Gasteiger partial charge in [-0.2, -0.15) is 0 Å². The lowest BCUT2D eigenvalue weighted by molar-refractivity contribution is -0.138. The van der Waals surface area contributed by atoms with E-state index in [4.69, 9.17) is 9.16 Å². The lowest BCUT2D eigenvalue weighted by Gasteiger charge is -2.32. The van der Waals surface area contributed by atoms with Crippen LogP contribution in [-0.4, -0.2) is 21.4 Å². The summed E-state index contributed by atoms with van der Waals surface area (Å²) in [6.45, 7) is 10.5. The average Bonchev–Trinajstić information content (AvgIpc) is 2.58. The fourth-order valence-corrected chi connectivity index (χ4v) is 5.88. The van der Waals surface area contributed by atoms with Crippen LogP contribution in [0, 0.1) is 11.8 Å². The molecule has 0 bridgehead atoms. The van der Waals surface area contributed by atoms with Crippen LogP contribution in [0.25, 0.3) is 0 Å². The number of hydrogen-bond donors (Lipinski definition) is 0. The zero-order valence-electron chi connectivity index (χ0n) is 14.7. The summed E-state index contributed by atoms with van der Waals surface area (Å²) in [5.74, 6) is 0.898. The first kappa shape index (κ1) is 19.0. The molecular weight excluding hydrogens is 292 g/mol. The molecule has 1 aliphatic rings. The maximum Gasteiger partial charge on any atom is 0.371 e. The highest BCUT2D eigenvalue weighted by Gasteiger charge is 2.34. The Morgan fingerprint density at radius 3 is 2.14 bits per heavy atom. The zero-order chi connectivity index (χ0) is 16.6. The van der Waals surface area contributed by atoms with Gasteiger partial charge in [-0.05, 0) is 48.9 Å². The van der Waals surface area contributed by atoms with E-state index in [1.54, 1.807) is 0 Å². The number of allylic oxidation sites excluding steroid dienone is 2. The monoisotopic (exact) mass is 324 g/mol. The predicted octanol–water partition coefficient (Wildman–Crippen LogP) is 5.06. The molecule has 2 atom stereocenters. The summed E-state index contributed by atoms with van der Waals surface area (Å²) in [5.41, 5.74) is 0. The van der Waals surface area contributed by atoms with Crippen LogP contribution in [0.1, 0.15) is 46.5 Å². The predicted molar refractivity (Wildman–Crippen MR) is 94.0 cm³/mol. The minimum atomic E-state index is -1.87. The standard InChI is InChI=1S/C18H32O3Si/c1-6-15-12-10-11-13-16(15)14-17(18(19)20-5)21-22(7-2,8-3)9-4/h6,14-16H,1,7-13H2,2-5H3/b17-14+/t15-,16-/m0/s1. The molecule has 4 heteroatoms. The third-order valence-electron chi connectivity index (χ3n) is 5.19. The molecule has 0 radical (unpaired) electrons. The van der Waals surface area contributed by atoms with Gasteiger partial charge in [-0.15, -0.1) is 6.58 Å². The fraction of sp³-hybridized carbons (Fsp3) is 0.722. The van der Waals surface area contributed by atoms with Crippen LogP contribution in [-0.2, 0) is 14.0 Å². The molecule has 22 heavy (non-hydrogen) atoms. The average molecular weight is 325 g/mol. The Hall–Kier alpha value is -1.03. The van der Waals surface area contributed by atoms with E-state index in [0.717, 1.165) is 31.0 Å². The van der Waals surface area contributed by atoms with Crippen molar-refractivity contribution in [2.75, 3.05) is 7.11 Å². The molecule has 0 amide bonds. The summed E-state index contributed by atoms with van der Waals surface area (Å²) >= 11 is 0. The molecule has 126 valence electrons. The van der Waals surface area contributed by atoms with Gasteiger partial charge in [0, 0.05) is 0 Å². The molecule has 1 rings (SSSR count). The first-order chi connectivity index (χ1) is 10.6. The second-order valence-electron chi connectivity index (χ2n) is 6.22. The van der Waals surface area contributed by atoms with E-state index in [9.17, 15) is 4.79 Å². The van der Waals surface area contributed by atoms with E-state index in [-0.39, 0.29) is 5.97 Å². The molecule has 0 heterocycles. The molecule has 0 aromatic carbocycles. The van der Waals surface area contributed by atoms with Crippen molar-refractivity contribution in [2.45, 2.75) is 64.6 Å². The van der Waals surface area contributed by atoms with Gasteiger partial charge in [0.15, 0.2) is 5.76 Å². The lowest BCUT2D eigenvalue weighted by atomic mass is 9.79. The minimum Gasteiger partial charge on any atom is -0.539 e. The quantitative estimate of drug-likeness (QED) is 0.206. The van der Waals surface area contributed by atoms with Gasteiger partial charge in [0.1, 0.15) is 0 Å². The van der Waals surface area contributed by atoms with E-state index in [1.807, 2.05) is 12.2 Å². The topological polar surface area (TPSA) is 35.5 Å². The summed E-state index contributed by atoms with van der Waals surface area (Å²) in [6, 6.07) is 3.05. The van der Waals surface area contributed by atoms with Crippen molar-refractivity contribution >= 4 is 14.3 Å². The van der Waals surface area contributed by atoms with Crippen LogP contribution in [0.15, 0.2) is 24.5 Å². The van der Waals surface area contributed by atoms with E-state index >= 15 is 0 Å². The number of esters is 1. The molecule has 0 aromatic heterocycles. The van der Waals surface area contributed by atoms with Crippen molar-refractivity contribution in [3.05, 3.63) is 24.5 Å². The van der Waals surface area contributed by atoms with Gasteiger partial charge in [0.25, 0.3) is 8.32 Å². The highest BCUT2D eigenvalue weighted by molar-refractivity contribution is 6.74. The largest absolute Gasteiger partial charge is 0.539 e. The molecule has 0 spiro atoms. The van der Waals surface area contributed by atoms with E-state index in [1.165, 1.54) is 20.0 Å². The summed E-state index contributed by atoms with van der Waals surface area (Å²) in [5, 5.41) is 0. The Kier molecular flexibility index (Phi) is 7.94. The third kappa shape index (κ3) is 4.73. The van der Waals surface area contributed by atoms with Gasteiger partial charge in [-0.25, -0.2) is 4.79 Å². The fourth-order valence-electron chi connectivity index (χ4n) is 3.33. The van der Waals surface area contributed by atoms with Crippen LogP contribution >= 0.6 is 0 Å². The molecule has 1 aliphatic carbocycles. The minimum absolute atomic E-state index is 0.333. The number of hydrogen-bond acceptors (Lipinski definition) is 3. The normalized spacial score (nSPS) is 23.0. The number of methoxy groups -OCH3 is 1. The Labute approximate surface area is 136 Å². The van der Waals surface area contributed by atoms with Crippen molar-refractivity contribution in [1.29, 1.82) is 0 Å². The number of ether oxygens (including phenoxy) is 1. The summed E-state index contributed by atoms with van der Waals surface area (Å²) in [7, 11) is -0.442. The molecule has 1 fully saturated rings. The van der Waals surface area contributed by atoms with E-state index in [2.05, 4.69) is 27.4 Å². The first-order valence-electron chi connectivity index (χ1n) is 8.67. The van der Waals surface area contributed by atoms with Crippen molar-refractivity contribution in [3.63, 3.8) is 0 Å². The Morgan fingerprint density at radius 2 is 1.68 bits per heavy atom.